The maximum atomic E-state index is 13.2. The van der Waals surface area contributed by atoms with E-state index in [-0.39, 0.29) is 38.0 Å². The Labute approximate surface area is 220 Å². The number of carboxylic acids is 2. The van der Waals surface area contributed by atoms with Crippen LogP contribution in [0.1, 0.15) is 50.5 Å². The van der Waals surface area contributed by atoms with Crippen molar-refractivity contribution in [1.29, 1.82) is 0 Å². The summed E-state index contributed by atoms with van der Waals surface area (Å²) in [5, 5.41) is 33.1. The summed E-state index contributed by atoms with van der Waals surface area (Å²) in [7, 11) is 0. The average Bonchev–Trinajstić information content (AvgIpc) is 3.37. The van der Waals surface area contributed by atoms with Gasteiger partial charge >= 0.3 is 11.9 Å². The van der Waals surface area contributed by atoms with Gasteiger partial charge in [0.1, 0.15) is 23.9 Å². The minimum Gasteiger partial charge on any atom is -0.508 e. The number of benzene rings is 1. The number of phenolic OH excluding ortho intramolecular Hbond substituents is 1. The van der Waals surface area contributed by atoms with E-state index in [4.69, 9.17) is 16.6 Å². The number of phenols is 1. The summed E-state index contributed by atoms with van der Waals surface area (Å²) in [6.45, 7) is 0.548. The van der Waals surface area contributed by atoms with Gasteiger partial charge in [0.05, 0.1) is 6.04 Å². The molecule has 0 bridgehead atoms. The molecule has 1 aromatic carbocycles. The predicted octanol–water partition coefficient (Wildman–Crippen LogP) is -0.699. The van der Waals surface area contributed by atoms with Crippen LogP contribution in [0.15, 0.2) is 24.3 Å². The third-order valence-corrected chi connectivity index (χ3v) is 6.39. The molecule has 9 N–H and O–H groups in total. The Balaban J connectivity index is 2.14. The Morgan fingerprint density at radius 3 is 2.24 bits per heavy atom. The molecule has 13 heteroatoms. The van der Waals surface area contributed by atoms with Crippen molar-refractivity contribution < 1.29 is 39.3 Å². The molecule has 3 amide bonds. The number of carbonyl (C=O) groups is 5. The highest BCUT2D eigenvalue weighted by Crippen LogP contribution is 2.20. The van der Waals surface area contributed by atoms with Crippen molar-refractivity contribution in [2.45, 2.75) is 75.5 Å². The zero-order chi connectivity index (χ0) is 28.2. The Morgan fingerprint density at radius 2 is 1.63 bits per heavy atom. The summed E-state index contributed by atoms with van der Waals surface area (Å²) in [5.74, 6) is -4.28. The van der Waals surface area contributed by atoms with E-state index < -0.39 is 60.2 Å². The number of hydrogen-bond acceptors (Lipinski definition) is 8. The molecule has 0 aliphatic carbocycles. The van der Waals surface area contributed by atoms with E-state index in [0.717, 1.165) is 4.90 Å². The van der Waals surface area contributed by atoms with Gasteiger partial charge in [-0.2, -0.15) is 0 Å². The molecule has 38 heavy (non-hydrogen) atoms. The number of unbranched alkanes of at least 4 members (excludes halogenated alkanes) is 1. The topological polar surface area (TPSA) is 225 Å². The molecule has 1 aromatic rings. The van der Waals surface area contributed by atoms with Crippen LogP contribution in [0.2, 0.25) is 0 Å². The molecule has 0 saturated carbocycles. The second-order valence-electron chi connectivity index (χ2n) is 9.34. The summed E-state index contributed by atoms with van der Waals surface area (Å²) >= 11 is 0. The van der Waals surface area contributed by atoms with Crippen molar-refractivity contribution in [1.82, 2.24) is 15.5 Å². The number of nitrogens with one attached hydrogen (secondary N) is 2. The van der Waals surface area contributed by atoms with Gasteiger partial charge in [-0.15, -0.1) is 0 Å². The number of hydrogen-bond donors (Lipinski definition) is 7. The summed E-state index contributed by atoms with van der Waals surface area (Å²) in [6, 6.07) is 1.76. The first-order chi connectivity index (χ1) is 18.0. The fourth-order valence-electron chi connectivity index (χ4n) is 4.30. The van der Waals surface area contributed by atoms with E-state index in [1.807, 2.05) is 0 Å². The van der Waals surface area contributed by atoms with Gasteiger partial charge in [0.2, 0.25) is 17.7 Å². The minimum atomic E-state index is -1.28. The predicted molar refractivity (Wildman–Crippen MR) is 136 cm³/mol. The normalized spacial score (nSPS) is 17.3. The Kier molecular flexibility index (Phi) is 12.0. The number of amides is 3. The molecule has 1 heterocycles. The van der Waals surface area contributed by atoms with Crippen molar-refractivity contribution >= 4 is 29.7 Å². The third kappa shape index (κ3) is 9.30. The lowest BCUT2D eigenvalue weighted by Crippen LogP contribution is -2.57. The number of rotatable bonds is 15. The van der Waals surface area contributed by atoms with Crippen molar-refractivity contribution in [3.8, 4) is 5.75 Å². The van der Waals surface area contributed by atoms with Crippen LogP contribution in [-0.2, 0) is 30.4 Å². The first-order valence-corrected chi connectivity index (χ1v) is 12.6. The first-order valence-electron chi connectivity index (χ1n) is 12.6. The molecule has 1 saturated heterocycles. The van der Waals surface area contributed by atoms with Crippen LogP contribution in [0.5, 0.6) is 5.75 Å². The molecule has 4 atom stereocenters. The number of likely N-dealkylation sites (tertiary alicyclic amines) is 1. The highest BCUT2D eigenvalue weighted by Gasteiger charge is 2.38. The summed E-state index contributed by atoms with van der Waals surface area (Å²) in [4.78, 5) is 63.1. The number of nitrogens with two attached hydrogens (primary N) is 2. The molecular weight excluding hydrogens is 498 g/mol. The lowest BCUT2D eigenvalue weighted by atomic mass is 10.0. The lowest BCUT2D eigenvalue weighted by molar-refractivity contribution is -0.150. The van der Waals surface area contributed by atoms with Crippen LogP contribution in [0.25, 0.3) is 0 Å². The van der Waals surface area contributed by atoms with Gasteiger partial charge in [-0.1, -0.05) is 12.1 Å². The fraction of sp³-hybridized carbons (Fsp3) is 0.560. The van der Waals surface area contributed by atoms with Gasteiger partial charge in [-0.25, -0.2) is 4.79 Å². The van der Waals surface area contributed by atoms with Crippen molar-refractivity contribution in [2.24, 2.45) is 11.5 Å². The fourth-order valence-corrected chi connectivity index (χ4v) is 4.30. The molecule has 0 aromatic heterocycles. The summed E-state index contributed by atoms with van der Waals surface area (Å²) in [5.41, 5.74) is 12.3. The Bertz CT molecular complexity index is 986. The van der Waals surface area contributed by atoms with E-state index in [1.54, 1.807) is 12.1 Å². The quantitative estimate of drug-likeness (QED) is 0.140. The molecule has 4 unspecified atom stereocenters. The molecule has 2 rings (SSSR count). The first kappa shape index (κ1) is 30.5. The van der Waals surface area contributed by atoms with Gasteiger partial charge in [0.15, 0.2) is 0 Å². The smallest absolute Gasteiger partial charge is 0.326 e. The average molecular weight is 536 g/mol. The van der Waals surface area contributed by atoms with Crippen LogP contribution in [0, 0.1) is 0 Å². The molecule has 0 radical (unpaired) electrons. The molecule has 1 fully saturated rings. The van der Waals surface area contributed by atoms with Crippen LogP contribution in [0.3, 0.4) is 0 Å². The number of nitrogens with zero attached hydrogens (tertiary/aromatic N) is 1. The van der Waals surface area contributed by atoms with E-state index in [1.165, 1.54) is 12.1 Å². The van der Waals surface area contributed by atoms with E-state index >= 15 is 0 Å². The number of carboxylic acid groups (broad SMARTS) is 2. The van der Waals surface area contributed by atoms with E-state index in [9.17, 15) is 34.2 Å². The van der Waals surface area contributed by atoms with Gasteiger partial charge in [-0.05, 0) is 69.2 Å². The molecule has 210 valence electrons. The van der Waals surface area contributed by atoms with Crippen LogP contribution >= 0.6 is 0 Å². The molecular formula is C25H37N5O8. The standard InChI is InChI=1S/C25H37N5O8/c26-12-2-1-4-18(28-22(34)17(27)14-15-6-8-16(31)9-7-15)23(35)29-19(10-11-21(32)33)24(36)30-13-3-5-20(30)25(37)38/h6-9,17-20,31H,1-5,10-14,26-27H2,(H,28,34)(H,29,35)(H,32,33)(H,37,38). The number of aliphatic carboxylic acids is 2. The SMILES string of the molecule is NCCCCC(NC(=O)C(N)Cc1ccc(O)cc1)C(=O)NC(CCC(=O)O)C(=O)N1CCCC1C(=O)O. The monoisotopic (exact) mass is 535 g/mol. The van der Waals surface area contributed by atoms with Crippen molar-refractivity contribution in [3.05, 3.63) is 29.8 Å². The highest BCUT2D eigenvalue weighted by atomic mass is 16.4. The van der Waals surface area contributed by atoms with Crippen molar-refractivity contribution in [2.75, 3.05) is 13.1 Å². The largest absolute Gasteiger partial charge is 0.508 e. The second kappa shape index (κ2) is 14.9. The van der Waals surface area contributed by atoms with Crippen LogP contribution < -0.4 is 22.1 Å². The van der Waals surface area contributed by atoms with Crippen LogP contribution in [-0.4, -0.2) is 87.1 Å². The van der Waals surface area contributed by atoms with Gasteiger partial charge in [0, 0.05) is 13.0 Å². The zero-order valence-electron chi connectivity index (χ0n) is 21.2. The summed E-state index contributed by atoms with van der Waals surface area (Å²) < 4.78 is 0. The zero-order valence-corrected chi connectivity index (χ0v) is 21.2. The number of aromatic hydroxyl groups is 1. The number of carbonyl (C=O) groups excluding carboxylic acids is 3. The van der Waals surface area contributed by atoms with E-state index in [2.05, 4.69) is 10.6 Å². The van der Waals surface area contributed by atoms with Crippen molar-refractivity contribution in [3.63, 3.8) is 0 Å². The lowest BCUT2D eigenvalue weighted by Gasteiger charge is -2.29. The minimum absolute atomic E-state index is 0.0685. The van der Waals surface area contributed by atoms with Gasteiger partial charge < -0.3 is 42.3 Å². The van der Waals surface area contributed by atoms with E-state index in [0.29, 0.717) is 31.4 Å². The van der Waals surface area contributed by atoms with Gasteiger partial charge in [-0.3, -0.25) is 19.2 Å². The van der Waals surface area contributed by atoms with Gasteiger partial charge in [0.25, 0.3) is 0 Å². The molecule has 1 aliphatic rings. The Morgan fingerprint density at radius 1 is 0.974 bits per heavy atom. The highest BCUT2D eigenvalue weighted by molar-refractivity contribution is 5.94. The second-order valence-corrected chi connectivity index (χ2v) is 9.34. The molecule has 0 spiro atoms. The Hall–Kier alpha value is -3.71. The van der Waals surface area contributed by atoms with Crippen LogP contribution in [0.4, 0.5) is 0 Å². The molecule has 1 aliphatic heterocycles. The summed E-state index contributed by atoms with van der Waals surface area (Å²) in [6.07, 6.45) is 1.47. The molecule has 13 nitrogen and oxygen atoms in total. The third-order valence-electron chi connectivity index (χ3n) is 6.39. The maximum absolute atomic E-state index is 13.2. The maximum Gasteiger partial charge on any atom is 0.326 e.